The molecule has 1 rings (SSSR count). The largest absolute Gasteiger partial charge is 0.396 e. The van der Waals surface area contributed by atoms with Crippen molar-refractivity contribution in [1.29, 1.82) is 0 Å². The second kappa shape index (κ2) is 6.91. The molecule has 0 heterocycles. The fraction of sp³-hybridized carbons (Fsp3) is 0.625. The molecule has 2 heteroatoms. The van der Waals surface area contributed by atoms with Crippen molar-refractivity contribution in [2.75, 3.05) is 13.2 Å². The number of aryl methyl sites for hydroxylation is 1. The number of hydrogen-bond acceptors (Lipinski definition) is 2. The van der Waals surface area contributed by atoms with Crippen molar-refractivity contribution in [2.45, 2.75) is 46.6 Å². The summed E-state index contributed by atoms with van der Waals surface area (Å²) in [6.45, 7) is 9.80. The first-order valence-corrected chi connectivity index (χ1v) is 6.85. The van der Waals surface area contributed by atoms with E-state index >= 15 is 0 Å². The number of rotatable bonds is 7. The minimum Gasteiger partial charge on any atom is -0.396 e. The Balaban J connectivity index is 2.32. The van der Waals surface area contributed by atoms with Gasteiger partial charge in [0.05, 0.1) is 0 Å². The van der Waals surface area contributed by atoms with Gasteiger partial charge >= 0.3 is 0 Å². The molecule has 0 aliphatic carbocycles. The van der Waals surface area contributed by atoms with Crippen molar-refractivity contribution in [3.05, 3.63) is 35.4 Å². The second-order valence-electron chi connectivity index (χ2n) is 6.02. The number of hydrogen-bond donors (Lipinski definition) is 2. The standard InChI is InChI=1S/C16H27NO/c1-13-7-5-8-15(11-13)14(2)17-10-6-9-16(3,4)12-18/h5,7-8,11,14,17-18H,6,9-10,12H2,1-4H3. The number of aliphatic hydroxyl groups excluding tert-OH is 1. The van der Waals surface area contributed by atoms with Gasteiger partial charge in [0.1, 0.15) is 0 Å². The molecule has 1 atom stereocenters. The molecule has 1 aromatic carbocycles. The van der Waals surface area contributed by atoms with Crippen LogP contribution in [-0.4, -0.2) is 18.3 Å². The third-order valence-corrected chi connectivity index (χ3v) is 3.45. The van der Waals surface area contributed by atoms with E-state index in [2.05, 4.69) is 57.3 Å². The Labute approximate surface area is 111 Å². The summed E-state index contributed by atoms with van der Waals surface area (Å²) in [4.78, 5) is 0. The third kappa shape index (κ3) is 5.19. The van der Waals surface area contributed by atoms with Gasteiger partial charge in [-0.1, -0.05) is 43.7 Å². The SMILES string of the molecule is Cc1cccc(C(C)NCCCC(C)(C)CO)c1. The Bertz CT molecular complexity index is 360. The van der Waals surface area contributed by atoms with Crippen molar-refractivity contribution in [2.24, 2.45) is 5.41 Å². The predicted molar refractivity (Wildman–Crippen MR) is 77.7 cm³/mol. The van der Waals surface area contributed by atoms with Crippen LogP contribution in [0.25, 0.3) is 0 Å². The van der Waals surface area contributed by atoms with Crippen molar-refractivity contribution >= 4 is 0 Å². The Morgan fingerprint density at radius 3 is 2.67 bits per heavy atom. The maximum absolute atomic E-state index is 9.19. The van der Waals surface area contributed by atoms with Crippen LogP contribution in [0.2, 0.25) is 0 Å². The fourth-order valence-corrected chi connectivity index (χ4v) is 2.02. The van der Waals surface area contributed by atoms with E-state index in [1.807, 2.05) is 0 Å². The molecule has 0 aliphatic heterocycles. The molecular weight excluding hydrogens is 222 g/mol. The lowest BCUT2D eigenvalue weighted by molar-refractivity contribution is 0.147. The lowest BCUT2D eigenvalue weighted by Crippen LogP contribution is -2.23. The summed E-state index contributed by atoms with van der Waals surface area (Å²) in [7, 11) is 0. The molecule has 102 valence electrons. The molecule has 0 saturated carbocycles. The normalized spacial score (nSPS) is 13.6. The van der Waals surface area contributed by atoms with Crippen molar-refractivity contribution in [1.82, 2.24) is 5.32 Å². The lowest BCUT2D eigenvalue weighted by Gasteiger charge is -2.22. The van der Waals surface area contributed by atoms with E-state index in [0.29, 0.717) is 6.04 Å². The summed E-state index contributed by atoms with van der Waals surface area (Å²) >= 11 is 0. The van der Waals surface area contributed by atoms with Gasteiger partial charge in [-0.3, -0.25) is 0 Å². The van der Waals surface area contributed by atoms with E-state index in [1.54, 1.807) is 0 Å². The summed E-state index contributed by atoms with van der Waals surface area (Å²) in [5.41, 5.74) is 2.70. The monoisotopic (exact) mass is 249 g/mol. The van der Waals surface area contributed by atoms with E-state index in [9.17, 15) is 5.11 Å². The average molecular weight is 249 g/mol. The van der Waals surface area contributed by atoms with Crippen LogP contribution in [0.15, 0.2) is 24.3 Å². The zero-order valence-corrected chi connectivity index (χ0v) is 12.2. The van der Waals surface area contributed by atoms with Gasteiger partial charge in [0.15, 0.2) is 0 Å². The highest BCUT2D eigenvalue weighted by atomic mass is 16.3. The van der Waals surface area contributed by atoms with Gasteiger partial charge < -0.3 is 10.4 Å². The molecule has 0 bridgehead atoms. The maximum Gasteiger partial charge on any atom is 0.0482 e. The van der Waals surface area contributed by atoms with Crippen LogP contribution >= 0.6 is 0 Å². The van der Waals surface area contributed by atoms with E-state index in [4.69, 9.17) is 0 Å². The van der Waals surface area contributed by atoms with Crippen LogP contribution in [0, 0.1) is 12.3 Å². The van der Waals surface area contributed by atoms with Gasteiger partial charge in [-0.15, -0.1) is 0 Å². The van der Waals surface area contributed by atoms with Crippen LogP contribution in [0.5, 0.6) is 0 Å². The lowest BCUT2D eigenvalue weighted by atomic mass is 9.89. The van der Waals surface area contributed by atoms with Crippen LogP contribution in [0.1, 0.15) is 50.8 Å². The van der Waals surface area contributed by atoms with Crippen molar-refractivity contribution in [3.8, 4) is 0 Å². The van der Waals surface area contributed by atoms with Gasteiger partial charge in [-0.2, -0.15) is 0 Å². The quantitative estimate of drug-likeness (QED) is 0.725. The molecule has 0 amide bonds. The molecule has 2 N–H and O–H groups in total. The van der Waals surface area contributed by atoms with Crippen molar-refractivity contribution < 1.29 is 5.11 Å². The molecule has 1 unspecified atom stereocenters. The Morgan fingerprint density at radius 2 is 2.06 bits per heavy atom. The number of benzene rings is 1. The van der Waals surface area contributed by atoms with Crippen molar-refractivity contribution in [3.63, 3.8) is 0 Å². The number of aliphatic hydroxyl groups is 1. The summed E-state index contributed by atoms with van der Waals surface area (Å²) in [6.07, 6.45) is 2.15. The molecule has 0 fully saturated rings. The molecule has 1 aromatic rings. The molecule has 0 aliphatic rings. The Hall–Kier alpha value is -0.860. The Kier molecular flexibility index (Phi) is 5.83. The third-order valence-electron chi connectivity index (χ3n) is 3.45. The van der Waals surface area contributed by atoms with Crippen LogP contribution < -0.4 is 5.32 Å². The van der Waals surface area contributed by atoms with E-state index in [-0.39, 0.29) is 12.0 Å². The first-order chi connectivity index (χ1) is 8.44. The highest BCUT2D eigenvalue weighted by Crippen LogP contribution is 2.21. The molecule has 0 aromatic heterocycles. The fourth-order valence-electron chi connectivity index (χ4n) is 2.02. The first-order valence-electron chi connectivity index (χ1n) is 6.85. The van der Waals surface area contributed by atoms with Crippen LogP contribution in [0.4, 0.5) is 0 Å². The highest BCUT2D eigenvalue weighted by Gasteiger charge is 2.15. The molecule has 2 nitrogen and oxygen atoms in total. The van der Waals surface area contributed by atoms with Crippen LogP contribution in [-0.2, 0) is 0 Å². The topological polar surface area (TPSA) is 32.3 Å². The Morgan fingerprint density at radius 1 is 1.33 bits per heavy atom. The molecule has 0 spiro atoms. The summed E-state index contributed by atoms with van der Waals surface area (Å²) in [5, 5.41) is 12.7. The summed E-state index contributed by atoms with van der Waals surface area (Å²) in [5.74, 6) is 0. The average Bonchev–Trinajstić information content (AvgIpc) is 2.34. The van der Waals surface area contributed by atoms with Gasteiger partial charge in [0, 0.05) is 12.6 Å². The first kappa shape index (κ1) is 15.2. The van der Waals surface area contributed by atoms with Gasteiger partial charge in [-0.05, 0) is 44.2 Å². The van der Waals surface area contributed by atoms with Gasteiger partial charge in [-0.25, -0.2) is 0 Å². The van der Waals surface area contributed by atoms with Gasteiger partial charge in [0.2, 0.25) is 0 Å². The molecule has 0 radical (unpaired) electrons. The minimum atomic E-state index is 0.0499. The van der Waals surface area contributed by atoms with Crippen LogP contribution in [0.3, 0.4) is 0 Å². The second-order valence-corrected chi connectivity index (χ2v) is 6.02. The zero-order chi connectivity index (χ0) is 13.6. The van der Waals surface area contributed by atoms with E-state index in [0.717, 1.165) is 19.4 Å². The molecule has 18 heavy (non-hydrogen) atoms. The smallest absolute Gasteiger partial charge is 0.0482 e. The number of nitrogens with one attached hydrogen (secondary N) is 1. The zero-order valence-electron chi connectivity index (χ0n) is 12.2. The maximum atomic E-state index is 9.19. The molecule has 0 saturated heterocycles. The van der Waals surface area contributed by atoms with E-state index in [1.165, 1.54) is 11.1 Å². The minimum absolute atomic E-state index is 0.0499. The predicted octanol–water partition coefficient (Wildman–Crippen LogP) is 3.44. The summed E-state index contributed by atoms with van der Waals surface area (Å²) in [6, 6.07) is 9.03. The molecular formula is C16H27NO. The van der Waals surface area contributed by atoms with Gasteiger partial charge in [0.25, 0.3) is 0 Å². The summed E-state index contributed by atoms with van der Waals surface area (Å²) < 4.78 is 0. The highest BCUT2D eigenvalue weighted by molar-refractivity contribution is 5.24. The van der Waals surface area contributed by atoms with E-state index < -0.39 is 0 Å².